The van der Waals surface area contributed by atoms with Gasteiger partial charge in [0.05, 0.1) is 37.8 Å². The Morgan fingerprint density at radius 3 is 1.71 bits per heavy atom. The zero-order valence-electron chi connectivity index (χ0n) is 35.3. The van der Waals surface area contributed by atoms with Gasteiger partial charge in [-0.1, -0.05) is 28.0 Å². The van der Waals surface area contributed by atoms with E-state index in [2.05, 4.69) is 41.6 Å². The van der Waals surface area contributed by atoms with Crippen LogP contribution in [0.1, 0.15) is 57.8 Å². The van der Waals surface area contributed by atoms with Crippen LogP contribution in [0.25, 0.3) is 0 Å². The van der Waals surface area contributed by atoms with Crippen LogP contribution in [-0.2, 0) is 77.9 Å². The van der Waals surface area contributed by atoms with Gasteiger partial charge >= 0.3 is 77.1 Å². The smallest absolute Gasteiger partial charge is 0.747 e. The van der Waals surface area contributed by atoms with Crippen molar-refractivity contribution in [3.63, 3.8) is 0 Å². The first kappa shape index (κ1) is 59.4. The van der Waals surface area contributed by atoms with Crippen LogP contribution in [0, 0.1) is 0 Å². The van der Waals surface area contributed by atoms with E-state index in [9.17, 15) is 78.7 Å². The molecular weight excluding hydrogens is 1010 g/mol. The summed E-state index contributed by atoms with van der Waals surface area (Å²) in [6.45, 7) is -0.959. The van der Waals surface area contributed by atoms with Gasteiger partial charge in [0, 0.05) is 55.0 Å². The first-order chi connectivity index (χ1) is 30.1. The topological polar surface area (TPSA) is 399 Å². The molecule has 356 valence electrons. The monoisotopic (exact) mass is 1050 g/mol. The molecule has 0 radical (unpaired) electrons. The Morgan fingerprint density at radius 1 is 0.697 bits per heavy atom. The van der Waals surface area contributed by atoms with Gasteiger partial charge in [-0.15, -0.1) is 10.1 Å². The number of carbonyl (C=O) groups excluding carboxylic acids is 11. The van der Waals surface area contributed by atoms with Crippen LogP contribution in [-0.4, -0.2) is 172 Å². The number of hydrogen-bond acceptors (Lipinski definition) is 22. The van der Waals surface area contributed by atoms with Crippen LogP contribution in [0.2, 0.25) is 0 Å². The second-order valence-corrected chi connectivity index (χ2v) is 21.1. The summed E-state index contributed by atoms with van der Waals surface area (Å²) in [6, 6.07) is -1.96. The summed E-state index contributed by atoms with van der Waals surface area (Å²) in [7, 11) is -7.94. The summed E-state index contributed by atoms with van der Waals surface area (Å²) < 4.78 is 67.3. The Kier molecular flexibility index (Phi) is 24.7. The van der Waals surface area contributed by atoms with E-state index in [1.807, 2.05) is 0 Å². The second-order valence-electron chi connectivity index (χ2n) is 14.0. The molecule has 27 nitrogen and oxygen atoms in total. The van der Waals surface area contributed by atoms with Crippen molar-refractivity contribution in [3.8, 4) is 0 Å². The summed E-state index contributed by atoms with van der Waals surface area (Å²) in [5.74, 6) is -10.4. The number of rotatable bonds is 25. The molecule has 0 aromatic heterocycles. The molecule has 4 fully saturated rings. The largest absolute Gasteiger partial charge is 1.00 e. The van der Waals surface area contributed by atoms with Gasteiger partial charge in [-0.3, -0.25) is 38.4 Å². The number of fused-ring (bicyclic) bond motifs is 1. The van der Waals surface area contributed by atoms with Crippen molar-refractivity contribution < 1.29 is 147 Å². The summed E-state index contributed by atoms with van der Waals surface area (Å²) in [4.78, 5) is 144. The van der Waals surface area contributed by atoms with Crippen LogP contribution in [0.15, 0.2) is 0 Å². The fourth-order valence-corrected chi connectivity index (χ4v) is 11.0. The molecule has 34 heteroatoms. The molecule has 66 heavy (non-hydrogen) atoms. The van der Waals surface area contributed by atoms with Crippen molar-refractivity contribution in [3.05, 3.63) is 0 Å². The average Bonchev–Trinajstić information content (AvgIpc) is 3.93. The SMILES string of the molecule is O=C(CCCC[C@@H]1SC[C@@H]2NC(=O)N[C@@H]21)NCCSSCCC(=O)NC(C(=O)NCCC(=O)ON1C(=O)CC(S(=O)(=O)[O-])C1=O)C(=O)NCCC(=O)ON1C(=O)CC(S(=O)(=O)[O-])C1=O.[Na+].[Na+]. The van der Waals surface area contributed by atoms with Gasteiger partial charge in [0.25, 0.3) is 35.4 Å². The molecule has 4 saturated heterocycles. The van der Waals surface area contributed by atoms with E-state index < -0.39 is 129 Å². The number of nitrogens with zero attached hydrogens (tertiary/aromatic N) is 2. The Labute approximate surface area is 433 Å². The third-order valence-electron chi connectivity index (χ3n) is 9.38. The number of hydroxylamine groups is 4. The first-order valence-corrected chi connectivity index (χ1v) is 25.6. The van der Waals surface area contributed by atoms with E-state index in [1.165, 1.54) is 21.6 Å². The van der Waals surface area contributed by atoms with Crippen molar-refractivity contribution in [2.45, 2.75) is 91.7 Å². The summed E-state index contributed by atoms with van der Waals surface area (Å²) in [5, 5.41) is 10.4. The third kappa shape index (κ3) is 18.0. The maximum absolute atomic E-state index is 13.0. The van der Waals surface area contributed by atoms with Crippen LogP contribution < -0.4 is 91.0 Å². The Bertz CT molecular complexity index is 2020. The molecule has 0 aromatic rings. The van der Waals surface area contributed by atoms with E-state index in [-0.39, 0.29) is 105 Å². The van der Waals surface area contributed by atoms with Crippen molar-refractivity contribution in [1.82, 2.24) is 42.0 Å². The number of unbranched alkanes of at least 4 members (excludes halogenated alkanes) is 1. The number of urea groups is 1. The number of imide groups is 2. The summed E-state index contributed by atoms with van der Waals surface area (Å²) in [5.41, 5.74) is 0. The number of hydrogen-bond donors (Lipinski definition) is 6. The number of thioether (sulfide) groups is 1. The molecule has 0 saturated carbocycles. The van der Waals surface area contributed by atoms with Gasteiger partial charge in [0.2, 0.25) is 11.8 Å². The van der Waals surface area contributed by atoms with Crippen molar-refractivity contribution in [1.29, 1.82) is 0 Å². The minimum atomic E-state index is -5.25. The fraction of sp³-hybridized carbons (Fsp3) is 0.656. The predicted octanol–water partition coefficient (Wildman–Crippen LogP) is -10.6. The van der Waals surface area contributed by atoms with Gasteiger partial charge in [-0.05, 0) is 12.8 Å². The third-order valence-corrected chi connectivity index (χ3v) is 15.4. The average molecular weight is 1050 g/mol. The maximum Gasteiger partial charge on any atom is 1.00 e. The zero-order chi connectivity index (χ0) is 47.4. The molecule has 4 heterocycles. The van der Waals surface area contributed by atoms with Crippen molar-refractivity contribution >= 4 is 119 Å². The molecule has 0 bridgehead atoms. The van der Waals surface area contributed by atoms with Crippen molar-refractivity contribution in [2.24, 2.45) is 0 Å². The van der Waals surface area contributed by atoms with Gasteiger partial charge in [-0.25, -0.2) is 31.2 Å². The van der Waals surface area contributed by atoms with E-state index in [0.29, 0.717) is 30.4 Å². The molecule has 5 atom stereocenters. The van der Waals surface area contributed by atoms with Crippen LogP contribution in [0.3, 0.4) is 0 Å². The molecule has 4 aliphatic rings. The van der Waals surface area contributed by atoms with Gasteiger partial charge < -0.3 is 50.7 Å². The molecule has 6 N–H and O–H groups in total. The van der Waals surface area contributed by atoms with Crippen LogP contribution >= 0.6 is 33.3 Å². The fourth-order valence-electron chi connectivity index (χ4n) is 6.21. The number of nitrogens with one attached hydrogen (secondary N) is 6. The molecule has 0 spiro atoms. The molecule has 0 aromatic carbocycles. The van der Waals surface area contributed by atoms with E-state index >= 15 is 0 Å². The van der Waals surface area contributed by atoms with E-state index in [4.69, 9.17) is 0 Å². The molecule has 10 amide bonds. The predicted molar refractivity (Wildman–Crippen MR) is 216 cm³/mol. The minimum Gasteiger partial charge on any atom is -0.747 e. The molecule has 4 rings (SSSR count). The Hall–Kier alpha value is -2.76. The van der Waals surface area contributed by atoms with Crippen LogP contribution in [0.4, 0.5) is 4.79 Å². The summed E-state index contributed by atoms with van der Waals surface area (Å²) in [6.07, 6.45) is -1.23. The molecule has 4 aliphatic heterocycles. The second kappa shape index (κ2) is 27.4. The Morgan fingerprint density at radius 2 is 1.21 bits per heavy atom. The summed E-state index contributed by atoms with van der Waals surface area (Å²) >= 11 is 1.80. The minimum absolute atomic E-state index is 0. The van der Waals surface area contributed by atoms with Gasteiger partial charge in [0.15, 0.2) is 6.04 Å². The number of amides is 10. The maximum atomic E-state index is 13.0. The Balaban J connectivity index is 0.00000748. The van der Waals surface area contributed by atoms with Crippen LogP contribution in [0.5, 0.6) is 0 Å². The molecule has 2 unspecified atom stereocenters. The van der Waals surface area contributed by atoms with Crippen molar-refractivity contribution in [2.75, 3.05) is 36.9 Å². The first-order valence-electron chi connectivity index (χ1n) is 19.2. The van der Waals surface area contributed by atoms with Gasteiger partial charge in [0.1, 0.15) is 30.7 Å². The zero-order valence-corrected chi connectivity index (χ0v) is 43.3. The van der Waals surface area contributed by atoms with Gasteiger partial charge in [-0.2, -0.15) is 11.8 Å². The standard InChI is InChI=1S/C32H44N8O19S5.2Na/c41-20(4-2-1-3-17-26-16(15-60-17)36-32(51)38-26)33-10-12-62-61-11-7-21(42)37-27(28(47)34-8-5-24(45)58-39-22(43)13-18(30(39)49)63(52,53)54)29(48)35-9-6-25(46)59-40-23(44)14-19(31(40)50)64(55,56)57;;/h16-19,26-27H,1-15H2,(H,33,41)(H,34,47)(H,35,48)(H,37,42)(H2,36,38,51)(H,52,53,54)(H,55,56,57);;/q;2*+1/p-2/t16-,17-,18?,19?,26-,27?;;/m0../s1. The number of carbonyl (C=O) groups is 11. The quantitative estimate of drug-likeness (QED) is 0.00940. The van der Waals surface area contributed by atoms with E-state index in [1.54, 1.807) is 11.8 Å². The molecule has 0 aliphatic carbocycles. The normalized spacial score (nSPS) is 21.7. The molecular formula is C32H42N8Na2O19S5. The van der Waals surface area contributed by atoms with E-state index in [0.717, 1.165) is 18.6 Å².